The average Bonchev–Trinajstić information content (AvgIpc) is 2.24. The Morgan fingerprint density at radius 1 is 1.59 bits per heavy atom. The Labute approximate surface area is 98.8 Å². The lowest BCUT2D eigenvalue weighted by molar-refractivity contribution is -0.384. The number of nitrogens with zero attached hydrogens (tertiary/aromatic N) is 2. The van der Waals surface area contributed by atoms with Gasteiger partial charge in [0, 0.05) is 0 Å². The van der Waals surface area contributed by atoms with Crippen LogP contribution in [0.25, 0.3) is 0 Å². The van der Waals surface area contributed by atoms with Crippen molar-refractivity contribution in [2.24, 2.45) is 5.92 Å². The van der Waals surface area contributed by atoms with Crippen LogP contribution in [-0.4, -0.2) is 27.7 Å². The van der Waals surface area contributed by atoms with Crippen molar-refractivity contribution in [1.29, 1.82) is 0 Å². The number of nitrogens with one attached hydrogen (secondary N) is 1. The van der Waals surface area contributed by atoms with Gasteiger partial charge in [-0.25, -0.2) is 4.98 Å². The maximum absolute atomic E-state index is 10.6. The van der Waals surface area contributed by atoms with E-state index in [0.29, 0.717) is 5.82 Å². The molecule has 1 heterocycles. The number of aliphatic hydroxyl groups is 1. The zero-order valence-electron chi connectivity index (χ0n) is 9.75. The molecule has 4 N–H and O–H groups in total. The number of nitro groups is 1. The molecule has 1 aromatic rings. The van der Waals surface area contributed by atoms with Crippen LogP contribution in [0.2, 0.25) is 0 Å². The van der Waals surface area contributed by atoms with Gasteiger partial charge in [0.1, 0.15) is 11.6 Å². The highest BCUT2D eigenvalue weighted by Gasteiger charge is 2.15. The van der Waals surface area contributed by atoms with E-state index in [-0.39, 0.29) is 30.1 Å². The fraction of sp³-hybridized carbons (Fsp3) is 0.500. The zero-order chi connectivity index (χ0) is 13.0. The molecule has 1 aromatic heterocycles. The number of rotatable bonds is 5. The molecule has 0 saturated carbocycles. The van der Waals surface area contributed by atoms with Gasteiger partial charge in [-0.05, 0) is 5.92 Å². The van der Waals surface area contributed by atoms with Gasteiger partial charge in [-0.2, -0.15) is 0 Å². The number of aliphatic hydroxyl groups excluding tert-OH is 1. The van der Waals surface area contributed by atoms with Gasteiger partial charge in [0.05, 0.1) is 29.7 Å². The number of hydrogen-bond donors (Lipinski definition) is 3. The van der Waals surface area contributed by atoms with Crippen LogP contribution in [0.5, 0.6) is 0 Å². The molecule has 0 saturated heterocycles. The zero-order valence-corrected chi connectivity index (χ0v) is 9.75. The predicted molar refractivity (Wildman–Crippen MR) is 64.6 cm³/mol. The third-order valence-corrected chi connectivity index (χ3v) is 2.38. The first kappa shape index (κ1) is 13.2. The van der Waals surface area contributed by atoms with E-state index < -0.39 is 4.92 Å². The maximum atomic E-state index is 10.6. The van der Waals surface area contributed by atoms with Crippen LogP contribution < -0.4 is 11.1 Å². The summed E-state index contributed by atoms with van der Waals surface area (Å²) in [4.78, 5) is 14.0. The second-order valence-corrected chi connectivity index (χ2v) is 4.07. The van der Waals surface area contributed by atoms with Crippen molar-refractivity contribution in [2.75, 3.05) is 17.7 Å². The molecule has 0 aromatic carbocycles. The van der Waals surface area contributed by atoms with Crippen molar-refractivity contribution in [2.45, 2.75) is 19.9 Å². The highest BCUT2D eigenvalue weighted by atomic mass is 16.6. The topological polar surface area (TPSA) is 114 Å². The molecule has 0 radical (unpaired) electrons. The molecule has 7 nitrogen and oxygen atoms in total. The number of pyridine rings is 1. The SMILES string of the molecule is CC(C)C(CO)Nc1cc([N+](=O)[O-])cc(N)n1. The Kier molecular flexibility index (Phi) is 4.22. The van der Waals surface area contributed by atoms with E-state index in [1.807, 2.05) is 13.8 Å². The average molecular weight is 240 g/mol. The second-order valence-electron chi connectivity index (χ2n) is 4.07. The van der Waals surface area contributed by atoms with Gasteiger partial charge in [0.15, 0.2) is 0 Å². The Morgan fingerprint density at radius 2 is 2.24 bits per heavy atom. The Balaban J connectivity index is 2.94. The number of hydrogen-bond acceptors (Lipinski definition) is 6. The molecule has 0 aliphatic carbocycles. The standard InChI is InChI=1S/C10H16N4O3/c1-6(2)8(5-15)12-10-4-7(14(16)17)3-9(11)13-10/h3-4,6,8,15H,5H2,1-2H3,(H3,11,12,13). The third kappa shape index (κ3) is 3.56. The molecular weight excluding hydrogens is 224 g/mol. The van der Waals surface area contributed by atoms with E-state index in [2.05, 4.69) is 10.3 Å². The highest BCUT2D eigenvalue weighted by molar-refractivity contribution is 5.53. The summed E-state index contributed by atoms with van der Waals surface area (Å²) >= 11 is 0. The Bertz CT molecular complexity index is 409. The van der Waals surface area contributed by atoms with E-state index in [9.17, 15) is 10.1 Å². The lowest BCUT2D eigenvalue weighted by Crippen LogP contribution is -2.29. The second kappa shape index (κ2) is 5.44. The van der Waals surface area contributed by atoms with Gasteiger partial charge in [-0.3, -0.25) is 10.1 Å². The van der Waals surface area contributed by atoms with Crippen molar-refractivity contribution >= 4 is 17.3 Å². The van der Waals surface area contributed by atoms with E-state index in [1.165, 1.54) is 12.1 Å². The summed E-state index contributed by atoms with van der Waals surface area (Å²) in [6.07, 6.45) is 0. The van der Waals surface area contributed by atoms with E-state index >= 15 is 0 Å². The summed E-state index contributed by atoms with van der Waals surface area (Å²) < 4.78 is 0. The summed E-state index contributed by atoms with van der Waals surface area (Å²) in [6, 6.07) is 2.26. The van der Waals surface area contributed by atoms with Crippen molar-refractivity contribution in [1.82, 2.24) is 4.98 Å². The lowest BCUT2D eigenvalue weighted by Gasteiger charge is -2.20. The third-order valence-electron chi connectivity index (χ3n) is 2.38. The van der Waals surface area contributed by atoms with E-state index in [0.717, 1.165) is 0 Å². The summed E-state index contributed by atoms with van der Waals surface area (Å²) in [7, 11) is 0. The maximum Gasteiger partial charge on any atom is 0.276 e. The molecule has 17 heavy (non-hydrogen) atoms. The molecule has 7 heteroatoms. The van der Waals surface area contributed by atoms with Gasteiger partial charge in [0.25, 0.3) is 5.69 Å². The van der Waals surface area contributed by atoms with E-state index in [1.54, 1.807) is 0 Å². The largest absolute Gasteiger partial charge is 0.394 e. The molecule has 1 unspecified atom stereocenters. The number of aromatic nitrogens is 1. The first-order chi connectivity index (χ1) is 7.93. The van der Waals surface area contributed by atoms with Crippen LogP contribution in [0, 0.1) is 16.0 Å². The van der Waals surface area contributed by atoms with Crippen molar-refractivity contribution in [3.8, 4) is 0 Å². The van der Waals surface area contributed by atoms with Gasteiger partial charge in [-0.15, -0.1) is 0 Å². The molecule has 0 bridgehead atoms. The minimum absolute atomic E-state index is 0.0714. The van der Waals surface area contributed by atoms with Crippen molar-refractivity contribution in [3.63, 3.8) is 0 Å². The summed E-state index contributed by atoms with van der Waals surface area (Å²) in [5.41, 5.74) is 5.35. The number of anilines is 2. The predicted octanol–water partition coefficient (Wildman–Crippen LogP) is 1.00. The minimum Gasteiger partial charge on any atom is -0.394 e. The van der Waals surface area contributed by atoms with Crippen LogP contribution in [0.3, 0.4) is 0 Å². The van der Waals surface area contributed by atoms with Crippen LogP contribution in [-0.2, 0) is 0 Å². The van der Waals surface area contributed by atoms with Crippen LogP contribution in [0.1, 0.15) is 13.8 Å². The van der Waals surface area contributed by atoms with Gasteiger partial charge in [-0.1, -0.05) is 13.8 Å². The molecule has 0 amide bonds. The molecule has 0 aliphatic heterocycles. The molecule has 0 spiro atoms. The summed E-state index contributed by atoms with van der Waals surface area (Å²) in [6.45, 7) is 3.77. The summed E-state index contributed by atoms with van der Waals surface area (Å²) in [5, 5.41) is 22.7. The fourth-order valence-corrected chi connectivity index (χ4v) is 1.33. The highest BCUT2D eigenvalue weighted by Crippen LogP contribution is 2.20. The molecule has 94 valence electrons. The molecular formula is C10H16N4O3. The van der Waals surface area contributed by atoms with Gasteiger partial charge < -0.3 is 16.2 Å². The quantitative estimate of drug-likeness (QED) is 0.522. The minimum atomic E-state index is -0.535. The molecule has 0 fully saturated rings. The van der Waals surface area contributed by atoms with Crippen LogP contribution in [0.15, 0.2) is 12.1 Å². The summed E-state index contributed by atoms with van der Waals surface area (Å²) in [5.74, 6) is 0.536. The smallest absolute Gasteiger partial charge is 0.276 e. The number of nitrogens with two attached hydrogens (primary N) is 1. The monoisotopic (exact) mass is 240 g/mol. The van der Waals surface area contributed by atoms with Crippen LogP contribution >= 0.6 is 0 Å². The molecule has 0 aliphatic rings. The van der Waals surface area contributed by atoms with Crippen molar-refractivity contribution < 1.29 is 10.0 Å². The molecule has 1 rings (SSSR count). The number of nitrogen functional groups attached to an aromatic ring is 1. The van der Waals surface area contributed by atoms with E-state index in [4.69, 9.17) is 10.8 Å². The Hall–Kier alpha value is -1.89. The lowest BCUT2D eigenvalue weighted by atomic mass is 10.1. The van der Waals surface area contributed by atoms with Gasteiger partial charge in [0.2, 0.25) is 0 Å². The Morgan fingerprint density at radius 3 is 2.71 bits per heavy atom. The van der Waals surface area contributed by atoms with Crippen LogP contribution in [0.4, 0.5) is 17.3 Å². The molecule has 1 atom stereocenters. The van der Waals surface area contributed by atoms with Crippen molar-refractivity contribution in [3.05, 3.63) is 22.2 Å². The fourth-order valence-electron chi connectivity index (χ4n) is 1.33. The normalized spacial score (nSPS) is 12.5. The first-order valence-corrected chi connectivity index (χ1v) is 5.23. The van der Waals surface area contributed by atoms with Gasteiger partial charge >= 0.3 is 0 Å². The first-order valence-electron chi connectivity index (χ1n) is 5.23.